The number of aliphatic imine (C=N–C) groups is 1. The van der Waals surface area contributed by atoms with Gasteiger partial charge in [-0.1, -0.05) is 48.5 Å². The lowest BCUT2D eigenvalue weighted by Gasteiger charge is -2.24. The van der Waals surface area contributed by atoms with Gasteiger partial charge in [0.2, 0.25) is 0 Å². The van der Waals surface area contributed by atoms with Crippen LogP contribution in [0.2, 0.25) is 0 Å². The first-order valence-corrected chi connectivity index (χ1v) is 15.1. The summed E-state index contributed by atoms with van der Waals surface area (Å²) in [6, 6.07) is 19.3. The highest BCUT2D eigenvalue weighted by atomic mass is 19.4. The number of hydrogen-bond donors (Lipinski definition) is 3. The molecule has 1 heterocycles. The Bertz CT molecular complexity index is 1620. The Balaban J connectivity index is 1.62. The van der Waals surface area contributed by atoms with Gasteiger partial charge in [-0.3, -0.25) is 19.2 Å². The summed E-state index contributed by atoms with van der Waals surface area (Å²) in [6.07, 6.45) is -5.63. The molecule has 3 aromatic carbocycles. The molecule has 0 saturated carbocycles. The third kappa shape index (κ3) is 8.56. The molecule has 48 heavy (non-hydrogen) atoms. The summed E-state index contributed by atoms with van der Waals surface area (Å²) < 4.78 is 44.3. The topological polar surface area (TPSA) is 133 Å². The first-order valence-electron chi connectivity index (χ1n) is 15.1. The Morgan fingerprint density at radius 3 is 2.42 bits per heavy atom. The third-order valence-electron chi connectivity index (χ3n) is 7.98. The Morgan fingerprint density at radius 2 is 1.79 bits per heavy atom. The fourth-order valence-electron chi connectivity index (χ4n) is 5.54. The van der Waals surface area contributed by atoms with Gasteiger partial charge in [-0.25, -0.2) is 4.99 Å². The van der Waals surface area contributed by atoms with E-state index in [0.29, 0.717) is 41.0 Å². The average Bonchev–Trinajstić information content (AvgIpc) is 3.43. The first-order chi connectivity index (χ1) is 22.9. The summed E-state index contributed by atoms with van der Waals surface area (Å²) >= 11 is 0. The summed E-state index contributed by atoms with van der Waals surface area (Å²) in [5.74, 6) is -3.83. The van der Waals surface area contributed by atoms with Crippen molar-refractivity contribution in [2.75, 3.05) is 45.8 Å². The Kier molecular flexibility index (Phi) is 11.9. The number of rotatable bonds is 13. The number of nitrogens with one attached hydrogen (secondary N) is 2. The summed E-state index contributed by atoms with van der Waals surface area (Å²) in [7, 11) is 5.16. The molecule has 1 aliphatic rings. The zero-order valence-corrected chi connectivity index (χ0v) is 26.8. The summed E-state index contributed by atoms with van der Waals surface area (Å²) in [5, 5.41) is 16.0. The van der Waals surface area contributed by atoms with E-state index in [-0.39, 0.29) is 12.5 Å². The molecule has 3 N–H and O–H groups in total. The van der Waals surface area contributed by atoms with Crippen molar-refractivity contribution >= 4 is 30.1 Å². The van der Waals surface area contributed by atoms with E-state index in [2.05, 4.69) is 17.0 Å². The highest BCUT2D eigenvalue weighted by Crippen LogP contribution is 2.38. The molecule has 2 unspecified atom stereocenters. The van der Waals surface area contributed by atoms with E-state index in [9.17, 15) is 32.7 Å². The van der Waals surface area contributed by atoms with Crippen molar-refractivity contribution < 1.29 is 42.2 Å². The zero-order valence-electron chi connectivity index (χ0n) is 26.8. The van der Waals surface area contributed by atoms with Gasteiger partial charge in [0.05, 0.1) is 20.3 Å². The van der Waals surface area contributed by atoms with E-state index in [1.807, 2.05) is 55.4 Å². The van der Waals surface area contributed by atoms with Crippen LogP contribution in [0, 0.1) is 5.92 Å². The predicted molar refractivity (Wildman–Crippen MR) is 174 cm³/mol. The van der Waals surface area contributed by atoms with Crippen LogP contribution in [0.25, 0.3) is 11.1 Å². The van der Waals surface area contributed by atoms with E-state index in [1.165, 1.54) is 12.2 Å². The number of carbonyl (C=O) groups excluding carboxylic acids is 3. The van der Waals surface area contributed by atoms with Gasteiger partial charge in [0.15, 0.2) is 0 Å². The third-order valence-corrected chi connectivity index (χ3v) is 7.98. The van der Waals surface area contributed by atoms with Crippen LogP contribution in [-0.2, 0) is 27.4 Å². The summed E-state index contributed by atoms with van der Waals surface area (Å²) in [5.41, 5.74) is 4.09. The molecule has 3 aromatic rings. The average molecular weight is 670 g/mol. The van der Waals surface area contributed by atoms with E-state index in [1.54, 1.807) is 35.6 Å². The zero-order chi connectivity index (χ0) is 35.0. The minimum absolute atomic E-state index is 0.108. The van der Waals surface area contributed by atoms with Crippen LogP contribution in [0.3, 0.4) is 0 Å². The summed E-state index contributed by atoms with van der Waals surface area (Å²) in [4.78, 5) is 48.7. The number of amides is 3. The van der Waals surface area contributed by atoms with Crippen molar-refractivity contribution in [1.82, 2.24) is 15.7 Å². The maximum absolute atomic E-state index is 13.3. The molecule has 4 rings (SSSR count). The van der Waals surface area contributed by atoms with Crippen molar-refractivity contribution in [2.45, 2.75) is 31.3 Å². The number of benzene rings is 3. The summed E-state index contributed by atoms with van der Waals surface area (Å²) in [6.45, 7) is 2.34. The second kappa shape index (κ2) is 15.9. The second-order valence-electron chi connectivity index (χ2n) is 11.4. The number of aliphatic hydroxyl groups is 1. The number of methoxy groups -OCH3 is 1. The highest BCUT2D eigenvalue weighted by Gasteiger charge is 2.48. The molecule has 1 fully saturated rings. The lowest BCUT2D eigenvalue weighted by Crippen LogP contribution is -2.44. The quantitative estimate of drug-likeness (QED) is 0.236. The lowest BCUT2D eigenvalue weighted by molar-refractivity contribution is -0.181. The molecule has 0 radical (unpaired) electrons. The van der Waals surface area contributed by atoms with Crippen molar-refractivity contribution in [2.24, 2.45) is 10.9 Å². The maximum Gasteiger partial charge on any atom is 0.471 e. The van der Waals surface area contributed by atoms with Gasteiger partial charge < -0.3 is 25.4 Å². The molecule has 11 nitrogen and oxygen atoms in total. The van der Waals surface area contributed by atoms with Gasteiger partial charge in [0.1, 0.15) is 17.9 Å². The van der Waals surface area contributed by atoms with Crippen molar-refractivity contribution in [3.8, 4) is 16.9 Å². The fourth-order valence-corrected chi connectivity index (χ4v) is 5.54. The van der Waals surface area contributed by atoms with Crippen LogP contribution in [0.15, 0.2) is 71.7 Å². The molecule has 256 valence electrons. The fraction of sp³-hybridized carbons (Fsp3) is 0.353. The molecule has 3 atom stereocenters. The van der Waals surface area contributed by atoms with Gasteiger partial charge in [-0.2, -0.15) is 18.2 Å². The minimum Gasteiger partial charge on any atom is -0.496 e. The smallest absolute Gasteiger partial charge is 0.471 e. The number of anilines is 1. The largest absolute Gasteiger partial charge is 0.496 e. The molecule has 0 aromatic heterocycles. The molecular weight excluding hydrogens is 631 g/mol. The second-order valence-corrected chi connectivity index (χ2v) is 11.4. The number of ether oxygens (including phenoxy) is 1. The SMILES string of the molecule is C=NC(=O)C1C(CO)[C@H](CNC(=O)C(F)(F)F)ON1Cc1cccc(-c2cc(C(=O)NCCc3ccccc3)cc(N(C)C)c2)c1OC. The van der Waals surface area contributed by atoms with Crippen LogP contribution >= 0.6 is 0 Å². The lowest BCUT2D eigenvalue weighted by atomic mass is 9.94. The number of hydrogen-bond acceptors (Lipinski definition) is 8. The number of carbonyl (C=O) groups is 3. The highest BCUT2D eigenvalue weighted by molar-refractivity contribution is 5.97. The van der Waals surface area contributed by atoms with E-state index in [0.717, 1.165) is 11.3 Å². The molecule has 1 saturated heterocycles. The van der Waals surface area contributed by atoms with E-state index < -0.39 is 49.2 Å². The number of hydroxylamine groups is 2. The molecule has 0 bridgehead atoms. The molecule has 0 spiro atoms. The van der Waals surface area contributed by atoms with Crippen LogP contribution in [0.4, 0.5) is 18.9 Å². The van der Waals surface area contributed by atoms with Gasteiger partial charge in [-0.15, -0.1) is 0 Å². The van der Waals surface area contributed by atoms with Gasteiger partial charge >= 0.3 is 12.1 Å². The maximum atomic E-state index is 13.3. The molecule has 0 aliphatic carbocycles. The normalized spacial score (nSPS) is 17.9. The number of para-hydroxylation sites is 1. The van der Waals surface area contributed by atoms with Crippen LogP contribution in [-0.4, -0.2) is 93.8 Å². The predicted octanol–water partition coefficient (Wildman–Crippen LogP) is 3.40. The Morgan fingerprint density at radius 1 is 1.06 bits per heavy atom. The van der Waals surface area contributed by atoms with Crippen LogP contribution in [0.5, 0.6) is 5.75 Å². The van der Waals surface area contributed by atoms with Crippen LogP contribution < -0.4 is 20.3 Å². The number of aliphatic hydroxyl groups excluding tert-OH is 1. The number of nitrogens with zero attached hydrogens (tertiary/aromatic N) is 3. The van der Waals surface area contributed by atoms with Crippen molar-refractivity contribution in [3.63, 3.8) is 0 Å². The molecule has 14 heteroatoms. The first kappa shape index (κ1) is 36.1. The van der Waals surface area contributed by atoms with E-state index >= 15 is 0 Å². The monoisotopic (exact) mass is 669 g/mol. The van der Waals surface area contributed by atoms with Crippen molar-refractivity contribution in [3.05, 3.63) is 83.4 Å². The standard InChI is InChI=1S/C34H38F3N5O6/c1-38-32(45)29-27(20-43)28(18-40-33(46)34(35,36)37)48-42(29)19-22-11-8-12-26(30(22)47-4)23-15-24(17-25(16-23)41(2)3)31(44)39-14-13-21-9-6-5-7-10-21/h5-12,15-17,27-29,43H,1,13-14,18-20H2,2-4H3,(H,39,44)(H,40,46)/t27?,28-,29?/m0/s1. The molecular formula is C34H38F3N5O6. The van der Waals surface area contributed by atoms with Crippen LogP contribution in [0.1, 0.15) is 21.5 Å². The van der Waals surface area contributed by atoms with Crippen molar-refractivity contribution in [1.29, 1.82) is 0 Å². The van der Waals surface area contributed by atoms with Gasteiger partial charge in [0.25, 0.3) is 11.8 Å². The van der Waals surface area contributed by atoms with Gasteiger partial charge in [-0.05, 0) is 42.5 Å². The number of halogens is 3. The Labute approximate surface area is 276 Å². The Hall–Kier alpha value is -4.79. The number of alkyl halides is 3. The van der Waals surface area contributed by atoms with E-state index in [4.69, 9.17) is 9.57 Å². The van der Waals surface area contributed by atoms with Gasteiger partial charge in [0, 0.05) is 55.5 Å². The minimum atomic E-state index is -5.12. The molecule has 1 aliphatic heterocycles. The molecule has 3 amide bonds.